The van der Waals surface area contributed by atoms with Crippen molar-refractivity contribution >= 4 is 12.2 Å². The molecule has 4 nitrogen and oxygen atoms in total. The molecule has 5 unspecified atom stereocenters. The van der Waals surface area contributed by atoms with E-state index in [9.17, 15) is 9.59 Å². The Hall–Kier alpha value is -1.24. The van der Waals surface area contributed by atoms with Gasteiger partial charge in [0.25, 0.3) is 0 Å². The van der Waals surface area contributed by atoms with Crippen LogP contribution in [0.5, 0.6) is 0 Å². The molecule has 5 atom stereocenters. The normalized spacial score (nSPS) is 41.0. The Morgan fingerprint density at radius 3 is 2.85 bits per heavy atom. The van der Waals surface area contributed by atoms with E-state index in [0.717, 1.165) is 43.4 Å². The van der Waals surface area contributed by atoms with Crippen molar-refractivity contribution in [3.05, 3.63) is 0 Å². The van der Waals surface area contributed by atoms with Crippen LogP contribution in [0.2, 0.25) is 0 Å². The van der Waals surface area contributed by atoms with Crippen molar-refractivity contribution in [3.8, 4) is 0 Å². The quantitative estimate of drug-likeness (QED) is 0.424. The van der Waals surface area contributed by atoms with Crippen molar-refractivity contribution in [1.29, 1.82) is 0 Å². The molecular formula is C16H22N2O2. The second-order valence-electron chi connectivity index (χ2n) is 6.80. The highest BCUT2D eigenvalue weighted by Gasteiger charge is 2.62. The number of hydrogen-bond donors (Lipinski definition) is 0. The van der Waals surface area contributed by atoms with Crippen LogP contribution in [0.4, 0.5) is 0 Å². The lowest BCUT2D eigenvalue weighted by atomic mass is 9.66. The Bertz CT molecular complexity index is 465. The SMILES string of the molecule is O=C=NCCCCC12CC(CC1N=C=O)C1CCCC12. The second-order valence-corrected chi connectivity index (χ2v) is 6.80. The molecule has 4 heteroatoms. The average Bonchev–Trinajstić information content (AvgIpc) is 3.10. The van der Waals surface area contributed by atoms with Crippen molar-refractivity contribution in [2.75, 3.05) is 6.54 Å². The molecule has 20 heavy (non-hydrogen) atoms. The monoisotopic (exact) mass is 274 g/mol. The maximum atomic E-state index is 10.7. The van der Waals surface area contributed by atoms with Crippen molar-refractivity contribution in [1.82, 2.24) is 0 Å². The van der Waals surface area contributed by atoms with E-state index >= 15 is 0 Å². The molecule has 0 radical (unpaired) electrons. The predicted octanol–water partition coefficient (Wildman–Crippen LogP) is 3.02. The van der Waals surface area contributed by atoms with Gasteiger partial charge in [-0.25, -0.2) is 19.6 Å². The van der Waals surface area contributed by atoms with Gasteiger partial charge >= 0.3 is 0 Å². The summed E-state index contributed by atoms with van der Waals surface area (Å²) < 4.78 is 0. The van der Waals surface area contributed by atoms with Crippen molar-refractivity contribution < 1.29 is 9.59 Å². The molecule has 0 aromatic rings. The summed E-state index contributed by atoms with van der Waals surface area (Å²) in [4.78, 5) is 28.6. The zero-order valence-electron chi connectivity index (χ0n) is 11.9. The first kappa shape index (κ1) is 13.7. The van der Waals surface area contributed by atoms with Crippen LogP contribution in [0.25, 0.3) is 0 Å². The van der Waals surface area contributed by atoms with E-state index in [1.807, 2.05) is 6.08 Å². The molecule has 0 aromatic carbocycles. The van der Waals surface area contributed by atoms with Gasteiger partial charge in [-0.3, -0.25) is 0 Å². The third-order valence-corrected chi connectivity index (χ3v) is 6.18. The van der Waals surface area contributed by atoms with E-state index in [2.05, 4.69) is 9.98 Å². The first-order valence-electron chi connectivity index (χ1n) is 7.92. The molecule has 3 saturated carbocycles. The van der Waals surface area contributed by atoms with Crippen LogP contribution >= 0.6 is 0 Å². The first-order chi connectivity index (χ1) is 9.81. The molecule has 0 saturated heterocycles. The number of nitrogens with zero attached hydrogens (tertiary/aromatic N) is 2. The van der Waals surface area contributed by atoms with E-state index < -0.39 is 0 Å². The van der Waals surface area contributed by atoms with Crippen molar-refractivity contribution in [2.24, 2.45) is 33.2 Å². The van der Waals surface area contributed by atoms with Gasteiger partial charge in [0.15, 0.2) is 0 Å². The molecule has 0 spiro atoms. The van der Waals surface area contributed by atoms with Gasteiger partial charge < -0.3 is 0 Å². The Kier molecular flexibility index (Phi) is 3.87. The molecule has 0 heterocycles. The molecule has 2 bridgehead atoms. The highest BCUT2D eigenvalue weighted by atomic mass is 16.1. The molecular weight excluding hydrogens is 252 g/mol. The lowest BCUT2D eigenvalue weighted by molar-refractivity contribution is 0.112. The van der Waals surface area contributed by atoms with E-state index in [1.54, 1.807) is 6.08 Å². The number of rotatable bonds is 6. The topological polar surface area (TPSA) is 58.9 Å². The predicted molar refractivity (Wildman–Crippen MR) is 74.7 cm³/mol. The maximum Gasteiger partial charge on any atom is 0.235 e. The Morgan fingerprint density at radius 2 is 2.05 bits per heavy atom. The van der Waals surface area contributed by atoms with Gasteiger partial charge in [-0.05, 0) is 61.7 Å². The first-order valence-corrected chi connectivity index (χ1v) is 7.92. The largest absolute Gasteiger partial charge is 0.235 e. The van der Waals surface area contributed by atoms with Crippen LogP contribution in [-0.2, 0) is 9.59 Å². The third kappa shape index (κ3) is 2.08. The highest BCUT2D eigenvalue weighted by molar-refractivity contribution is 5.35. The minimum atomic E-state index is 0.207. The summed E-state index contributed by atoms with van der Waals surface area (Å²) in [6.07, 6.45) is 13.0. The maximum absolute atomic E-state index is 10.7. The number of isocyanates is 2. The summed E-state index contributed by atoms with van der Waals surface area (Å²) in [5.41, 5.74) is 0.258. The molecule has 3 fully saturated rings. The molecule has 0 aliphatic heterocycles. The summed E-state index contributed by atoms with van der Waals surface area (Å²) in [5.74, 6) is 2.46. The van der Waals surface area contributed by atoms with Crippen molar-refractivity contribution in [3.63, 3.8) is 0 Å². The standard InChI is InChI=1S/C16H22N2O2/c19-10-17-7-2-1-6-16-9-12(8-15(16)18-11-20)13-4-3-5-14(13)16/h12-15H,1-9H2. The summed E-state index contributed by atoms with van der Waals surface area (Å²) in [5, 5.41) is 0. The van der Waals surface area contributed by atoms with Crippen LogP contribution < -0.4 is 0 Å². The fourth-order valence-electron chi connectivity index (χ4n) is 5.61. The number of aliphatic imine (C=N–C) groups is 2. The van der Waals surface area contributed by atoms with Crippen LogP contribution in [-0.4, -0.2) is 24.7 Å². The Morgan fingerprint density at radius 1 is 1.15 bits per heavy atom. The van der Waals surface area contributed by atoms with E-state index in [1.165, 1.54) is 25.7 Å². The molecule has 0 amide bonds. The van der Waals surface area contributed by atoms with Gasteiger partial charge in [0.1, 0.15) is 0 Å². The molecule has 108 valence electrons. The van der Waals surface area contributed by atoms with Crippen LogP contribution in [0.3, 0.4) is 0 Å². The van der Waals surface area contributed by atoms with Crippen molar-refractivity contribution in [2.45, 2.75) is 57.4 Å². The van der Waals surface area contributed by atoms with Gasteiger partial charge in [-0.2, -0.15) is 0 Å². The van der Waals surface area contributed by atoms with Gasteiger partial charge in [0.2, 0.25) is 12.2 Å². The summed E-state index contributed by atoms with van der Waals surface area (Å²) in [7, 11) is 0. The Balaban J connectivity index is 1.71. The van der Waals surface area contributed by atoms with E-state index in [4.69, 9.17) is 0 Å². The molecule has 3 rings (SSSR count). The zero-order valence-corrected chi connectivity index (χ0v) is 11.9. The van der Waals surface area contributed by atoms with Gasteiger partial charge in [0, 0.05) is 0 Å². The molecule has 0 aromatic heterocycles. The number of carbonyl (C=O) groups excluding carboxylic acids is 2. The van der Waals surface area contributed by atoms with E-state index in [0.29, 0.717) is 6.54 Å². The number of fused-ring (bicyclic) bond motifs is 5. The number of hydrogen-bond acceptors (Lipinski definition) is 4. The Labute approximate surface area is 119 Å². The van der Waals surface area contributed by atoms with E-state index in [-0.39, 0.29) is 11.5 Å². The fourth-order valence-corrected chi connectivity index (χ4v) is 5.61. The molecule has 0 N–H and O–H groups in total. The van der Waals surface area contributed by atoms with Crippen LogP contribution in [0.1, 0.15) is 51.4 Å². The molecule has 3 aliphatic rings. The summed E-state index contributed by atoms with van der Waals surface area (Å²) in [6.45, 7) is 0.582. The van der Waals surface area contributed by atoms with Gasteiger partial charge in [0.05, 0.1) is 12.6 Å². The lowest BCUT2D eigenvalue weighted by Crippen LogP contribution is -2.38. The fraction of sp³-hybridized carbons (Fsp3) is 0.875. The van der Waals surface area contributed by atoms with Crippen LogP contribution in [0.15, 0.2) is 9.98 Å². The second kappa shape index (κ2) is 5.63. The lowest BCUT2D eigenvalue weighted by Gasteiger charge is -2.40. The third-order valence-electron chi connectivity index (χ3n) is 6.18. The smallest absolute Gasteiger partial charge is 0.211 e. The minimum absolute atomic E-state index is 0.207. The van der Waals surface area contributed by atoms with Gasteiger partial charge in [-0.15, -0.1) is 0 Å². The minimum Gasteiger partial charge on any atom is -0.211 e. The zero-order chi connectivity index (χ0) is 14.0. The van der Waals surface area contributed by atoms with Crippen LogP contribution in [0, 0.1) is 23.2 Å². The number of unbranched alkanes of at least 4 members (excludes halogenated alkanes) is 1. The summed E-state index contributed by atoms with van der Waals surface area (Å²) in [6, 6.07) is 0.207. The van der Waals surface area contributed by atoms with Gasteiger partial charge in [-0.1, -0.05) is 12.8 Å². The highest BCUT2D eigenvalue weighted by Crippen LogP contribution is 2.68. The molecule has 3 aliphatic carbocycles. The summed E-state index contributed by atoms with van der Waals surface area (Å²) >= 11 is 0. The average molecular weight is 274 g/mol.